The lowest BCUT2D eigenvalue weighted by molar-refractivity contribution is 0.102. The Balaban J connectivity index is 1.70. The van der Waals surface area contributed by atoms with E-state index in [4.69, 9.17) is 5.73 Å². The maximum Gasteiger partial charge on any atom is 0.256 e. The third-order valence-corrected chi connectivity index (χ3v) is 4.47. The van der Waals surface area contributed by atoms with Crippen molar-refractivity contribution in [1.29, 1.82) is 0 Å². The third-order valence-electron chi connectivity index (χ3n) is 4.47. The van der Waals surface area contributed by atoms with Gasteiger partial charge in [-0.05, 0) is 68.1 Å². The summed E-state index contributed by atoms with van der Waals surface area (Å²) in [5.74, 6) is -0.125. The summed E-state index contributed by atoms with van der Waals surface area (Å²) < 4.78 is 0. The Bertz CT molecular complexity index is 688. The highest BCUT2D eigenvalue weighted by molar-refractivity contribution is 6.06. The van der Waals surface area contributed by atoms with Crippen LogP contribution in [0.25, 0.3) is 0 Å². The Hall–Kier alpha value is -2.49. The molecule has 1 aliphatic rings. The van der Waals surface area contributed by atoms with Crippen molar-refractivity contribution in [3.63, 3.8) is 0 Å². The molecular weight excluding hydrogens is 286 g/mol. The van der Waals surface area contributed by atoms with Crippen molar-refractivity contribution >= 4 is 23.0 Å². The zero-order chi connectivity index (χ0) is 16.2. The summed E-state index contributed by atoms with van der Waals surface area (Å²) in [4.78, 5) is 14.8. The molecule has 0 bridgehead atoms. The number of anilines is 3. The normalized spacial score (nSPS) is 14.6. The Morgan fingerprint density at radius 3 is 2.43 bits per heavy atom. The van der Waals surface area contributed by atoms with Crippen LogP contribution in [-0.2, 0) is 0 Å². The molecule has 0 aliphatic carbocycles. The molecule has 1 fully saturated rings. The molecule has 0 spiro atoms. The van der Waals surface area contributed by atoms with Gasteiger partial charge in [-0.3, -0.25) is 4.79 Å². The zero-order valence-corrected chi connectivity index (χ0v) is 13.5. The van der Waals surface area contributed by atoms with Gasteiger partial charge in [0.05, 0.1) is 0 Å². The van der Waals surface area contributed by atoms with Crippen LogP contribution in [0.2, 0.25) is 0 Å². The Morgan fingerprint density at radius 2 is 1.74 bits per heavy atom. The first kappa shape index (κ1) is 15.4. The van der Waals surface area contributed by atoms with Crippen LogP contribution < -0.4 is 16.0 Å². The Kier molecular flexibility index (Phi) is 4.51. The lowest BCUT2D eigenvalue weighted by atomic mass is 10.1. The van der Waals surface area contributed by atoms with Crippen molar-refractivity contribution in [1.82, 2.24) is 0 Å². The number of nitrogen functional groups attached to an aromatic ring is 1. The van der Waals surface area contributed by atoms with Crippen LogP contribution in [-0.4, -0.2) is 19.0 Å². The van der Waals surface area contributed by atoms with Crippen LogP contribution in [0.1, 0.15) is 35.2 Å². The van der Waals surface area contributed by atoms with Crippen LogP contribution in [0.5, 0.6) is 0 Å². The number of amides is 1. The first-order chi connectivity index (χ1) is 11.1. The third kappa shape index (κ3) is 3.47. The molecule has 4 nitrogen and oxygen atoms in total. The van der Waals surface area contributed by atoms with Crippen LogP contribution in [0.15, 0.2) is 42.5 Å². The summed E-state index contributed by atoms with van der Waals surface area (Å²) in [5.41, 5.74) is 9.96. The molecule has 1 amide bonds. The van der Waals surface area contributed by atoms with Crippen LogP contribution in [0, 0.1) is 6.92 Å². The number of hydrogen-bond acceptors (Lipinski definition) is 3. The second kappa shape index (κ2) is 6.73. The minimum Gasteiger partial charge on any atom is -0.398 e. The van der Waals surface area contributed by atoms with Crippen LogP contribution in [0.4, 0.5) is 17.1 Å². The molecule has 4 heteroatoms. The number of benzene rings is 2. The van der Waals surface area contributed by atoms with Gasteiger partial charge >= 0.3 is 0 Å². The second-order valence-electron chi connectivity index (χ2n) is 6.07. The summed E-state index contributed by atoms with van der Waals surface area (Å²) in [6, 6.07) is 13.5. The van der Waals surface area contributed by atoms with E-state index in [1.165, 1.54) is 24.9 Å². The van der Waals surface area contributed by atoms with Crippen molar-refractivity contribution in [2.24, 2.45) is 0 Å². The van der Waals surface area contributed by atoms with E-state index in [0.29, 0.717) is 11.3 Å². The van der Waals surface area contributed by atoms with Gasteiger partial charge in [0.1, 0.15) is 0 Å². The van der Waals surface area contributed by atoms with Crippen molar-refractivity contribution in [2.75, 3.05) is 29.0 Å². The fourth-order valence-corrected chi connectivity index (χ4v) is 3.01. The van der Waals surface area contributed by atoms with Gasteiger partial charge in [-0.1, -0.05) is 6.07 Å². The number of carbonyl (C=O) groups is 1. The predicted octanol–water partition coefficient (Wildman–Crippen LogP) is 3.82. The highest BCUT2D eigenvalue weighted by atomic mass is 16.1. The fourth-order valence-electron chi connectivity index (χ4n) is 3.01. The van der Waals surface area contributed by atoms with E-state index in [1.807, 2.05) is 19.1 Å². The molecule has 1 saturated heterocycles. The average Bonchev–Trinajstić information content (AvgIpc) is 2.59. The smallest absolute Gasteiger partial charge is 0.256 e. The SMILES string of the molecule is Cc1c(N)cccc1C(=O)Nc1ccc(N2CCCCC2)cc1. The molecule has 0 saturated carbocycles. The van der Waals surface area contributed by atoms with Gasteiger partial charge in [0.2, 0.25) is 0 Å². The molecule has 3 rings (SSSR count). The number of carbonyl (C=O) groups excluding carboxylic acids is 1. The van der Waals surface area contributed by atoms with E-state index >= 15 is 0 Å². The largest absolute Gasteiger partial charge is 0.398 e. The topological polar surface area (TPSA) is 58.4 Å². The molecule has 120 valence electrons. The monoisotopic (exact) mass is 309 g/mol. The van der Waals surface area contributed by atoms with Gasteiger partial charge in [0.25, 0.3) is 5.91 Å². The highest BCUT2D eigenvalue weighted by Crippen LogP contribution is 2.23. The summed E-state index contributed by atoms with van der Waals surface area (Å²) in [6.45, 7) is 4.10. The Morgan fingerprint density at radius 1 is 1.04 bits per heavy atom. The van der Waals surface area contributed by atoms with Gasteiger partial charge < -0.3 is 16.0 Å². The maximum atomic E-state index is 12.4. The molecule has 0 atom stereocenters. The molecule has 23 heavy (non-hydrogen) atoms. The van der Waals surface area contributed by atoms with Gasteiger partial charge in [0.15, 0.2) is 0 Å². The molecule has 0 aromatic heterocycles. The summed E-state index contributed by atoms with van der Waals surface area (Å²) in [5, 5.41) is 2.94. The molecular formula is C19H23N3O. The summed E-state index contributed by atoms with van der Waals surface area (Å²) in [7, 11) is 0. The van der Waals surface area contributed by atoms with E-state index in [9.17, 15) is 4.79 Å². The van der Waals surface area contributed by atoms with Crippen LogP contribution >= 0.6 is 0 Å². The standard InChI is InChI=1S/C19H23N3O/c1-14-17(6-5-7-18(14)20)19(23)21-15-8-10-16(11-9-15)22-12-3-2-4-13-22/h5-11H,2-4,12-13,20H2,1H3,(H,21,23). The van der Waals surface area contributed by atoms with E-state index in [0.717, 1.165) is 24.3 Å². The van der Waals surface area contributed by atoms with Gasteiger partial charge in [-0.2, -0.15) is 0 Å². The molecule has 1 heterocycles. The first-order valence-corrected chi connectivity index (χ1v) is 8.16. The van der Waals surface area contributed by atoms with Crippen molar-refractivity contribution in [2.45, 2.75) is 26.2 Å². The molecule has 2 aromatic rings. The highest BCUT2D eigenvalue weighted by Gasteiger charge is 2.13. The van der Waals surface area contributed by atoms with Gasteiger partial charge in [-0.25, -0.2) is 0 Å². The first-order valence-electron chi connectivity index (χ1n) is 8.16. The zero-order valence-electron chi connectivity index (χ0n) is 13.5. The van der Waals surface area contributed by atoms with Crippen molar-refractivity contribution in [3.8, 4) is 0 Å². The molecule has 0 radical (unpaired) electrons. The predicted molar refractivity (Wildman–Crippen MR) is 96.1 cm³/mol. The lowest BCUT2D eigenvalue weighted by Crippen LogP contribution is -2.29. The van der Waals surface area contributed by atoms with Crippen molar-refractivity contribution in [3.05, 3.63) is 53.6 Å². The number of nitrogens with one attached hydrogen (secondary N) is 1. The lowest BCUT2D eigenvalue weighted by Gasteiger charge is -2.28. The van der Waals surface area contributed by atoms with Gasteiger partial charge in [0, 0.05) is 35.7 Å². The summed E-state index contributed by atoms with van der Waals surface area (Å²) in [6.07, 6.45) is 3.84. The summed E-state index contributed by atoms with van der Waals surface area (Å²) >= 11 is 0. The van der Waals surface area contributed by atoms with E-state index in [-0.39, 0.29) is 5.91 Å². The molecule has 0 unspecified atom stereocenters. The fraction of sp³-hybridized carbons (Fsp3) is 0.316. The number of rotatable bonds is 3. The number of nitrogens with zero attached hydrogens (tertiary/aromatic N) is 1. The number of hydrogen-bond donors (Lipinski definition) is 2. The molecule has 1 aliphatic heterocycles. The van der Waals surface area contributed by atoms with E-state index in [2.05, 4.69) is 22.3 Å². The quantitative estimate of drug-likeness (QED) is 0.847. The second-order valence-corrected chi connectivity index (χ2v) is 6.07. The van der Waals surface area contributed by atoms with E-state index in [1.54, 1.807) is 18.2 Å². The minimum absolute atomic E-state index is 0.125. The minimum atomic E-state index is -0.125. The Labute approximate surface area is 137 Å². The average molecular weight is 309 g/mol. The number of nitrogens with two attached hydrogens (primary N) is 1. The molecule has 3 N–H and O–H groups in total. The molecule has 2 aromatic carbocycles. The maximum absolute atomic E-state index is 12.4. The van der Waals surface area contributed by atoms with E-state index < -0.39 is 0 Å². The van der Waals surface area contributed by atoms with Crippen molar-refractivity contribution < 1.29 is 4.79 Å². The number of piperidine rings is 1. The van der Waals surface area contributed by atoms with Gasteiger partial charge in [-0.15, -0.1) is 0 Å². The van der Waals surface area contributed by atoms with Crippen LogP contribution in [0.3, 0.4) is 0 Å².